The van der Waals surface area contributed by atoms with Crippen molar-refractivity contribution in [3.8, 4) is 11.6 Å². The molecule has 1 aromatic carbocycles. The second-order valence-corrected chi connectivity index (χ2v) is 8.26. The number of ether oxygens (including phenoxy) is 3. The number of morpholine rings is 1. The number of methoxy groups -OCH3 is 1. The molecule has 0 amide bonds. The van der Waals surface area contributed by atoms with Gasteiger partial charge in [-0.3, -0.25) is 0 Å². The van der Waals surface area contributed by atoms with Gasteiger partial charge in [0.25, 0.3) is 5.16 Å². The summed E-state index contributed by atoms with van der Waals surface area (Å²) in [6.07, 6.45) is 2.64. The van der Waals surface area contributed by atoms with Crippen molar-refractivity contribution in [2.75, 3.05) is 38.0 Å². The van der Waals surface area contributed by atoms with Crippen LogP contribution in [0.15, 0.2) is 48.1 Å². The molecule has 1 atom stereocenters. The molecule has 0 N–H and O–H groups in total. The molecule has 0 unspecified atom stereocenters. The number of nitrogens with zero attached hydrogens (tertiary/aromatic N) is 3. The Balaban J connectivity index is 1.84. The molecule has 0 radical (unpaired) electrons. The van der Waals surface area contributed by atoms with Crippen LogP contribution in [-0.4, -0.2) is 57.6 Å². The van der Waals surface area contributed by atoms with Gasteiger partial charge in [0.15, 0.2) is 0 Å². The highest BCUT2D eigenvalue weighted by atomic mass is 32.2. The quantitative estimate of drug-likeness (QED) is 0.509. The number of benzene rings is 1. The number of anilines is 1. The highest BCUT2D eigenvalue weighted by Gasteiger charge is 2.23. The van der Waals surface area contributed by atoms with Gasteiger partial charge < -0.3 is 19.1 Å². The van der Waals surface area contributed by atoms with Crippen LogP contribution < -0.4 is 14.4 Å². The first-order valence-corrected chi connectivity index (χ1v) is 10.6. The Bertz CT molecular complexity index is 931. The van der Waals surface area contributed by atoms with E-state index in [4.69, 9.17) is 14.2 Å². The number of hydrogen-bond acceptors (Lipinski definition) is 8. The van der Waals surface area contributed by atoms with Gasteiger partial charge in [0, 0.05) is 25.4 Å². The molecular formula is C19H23N3O5S. The standard InChI is InChI=1S/C19H23N3O5S/c1-4-15-12-22(9-10-26-15)17-11-18(21-19(20-17)28(3,23)24)27-13-14-5-7-16(25-2)8-6-14/h4-8,11,15H,1,9-10,12-13H2,2-3H3/t15-/m1/s1. The summed E-state index contributed by atoms with van der Waals surface area (Å²) < 4.78 is 40.5. The van der Waals surface area contributed by atoms with Gasteiger partial charge in [0.05, 0.1) is 19.8 Å². The highest BCUT2D eigenvalue weighted by Crippen LogP contribution is 2.23. The number of sulfone groups is 1. The Labute approximate surface area is 164 Å². The fourth-order valence-corrected chi connectivity index (χ4v) is 3.21. The lowest BCUT2D eigenvalue weighted by Crippen LogP contribution is -2.42. The molecular weight excluding hydrogens is 382 g/mol. The molecule has 1 saturated heterocycles. The van der Waals surface area contributed by atoms with Crippen molar-refractivity contribution >= 4 is 15.7 Å². The van der Waals surface area contributed by atoms with Gasteiger partial charge in [-0.05, 0) is 17.7 Å². The predicted molar refractivity (Wildman–Crippen MR) is 105 cm³/mol. The molecule has 1 fully saturated rings. The van der Waals surface area contributed by atoms with Crippen molar-refractivity contribution in [3.05, 3.63) is 48.6 Å². The Morgan fingerprint density at radius 1 is 1.32 bits per heavy atom. The summed E-state index contributed by atoms with van der Waals surface area (Å²) in [6, 6.07) is 9.04. The predicted octanol–water partition coefficient (Wildman–Crippen LogP) is 1.86. The number of rotatable bonds is 7. The molecule has 0 saturated carbocycles. The maximum atomic E-state index is 12.0. The van der Waals surface area contributed by atoms with E-state index >= 15 is 0 Å². The largest absolute Gasteiger partial charge is 0.497 e. The average Bonchev–Trinajstić information content (AvgIpc) is 2.72. The Kier molecular flexibility index (Phi) is 6.15. The summed E-state index contributed by atoms with van der Waals surface area (Å²) in [7, 11) is -1.99. The van der Waals surface area contributed by atoms with Gasteiger partial charge in [-0.15, -0.1) is 6.58 Å². The zero-order valence-electron chi connectivity index (χ0n) is 15.9. The van der Waals surface area contributed by atoms with E-state index < -0.39 is 9.84 Å². The molecule has 150 valence electrons. The Hall–Kier alpha value is -2.65. The summed E-state index contributed by atoms with van der Waals surface area (Å²) in [4.78, 5) is 10.2. The number of aromatic nitrogens is 2. The van der Waals surface area contributed by atoms with Crippen molar-refractivity contribution in [1.82, 2.24) is 9.97 Å². The monoisotopic (exact) mass is 405 g/mol. The van der Waals surface area contributed by atoms with E-state index in [0.29, 0.717) is 25.5 Å². The summed E-state index contributed by atoms with van der Waals surface area (Å²) in [5, 5.41) is -0.267. The second kappa shape index (κ2) is 8.57. The van der Waals surface area contributed by atoms with E-state index in [2.05, 4.69) is 16.5 Å². The van der Waals surface area contributed by atoms with E-state index in [-0.39, 0.29) is 23.7 Å². The van der Waals surface area contributed by atoms with Crippen molar-refractivity contribution in [1.29, 1.82) is 0 Å². The van der Waals surface area contributed by atoms with E-state index in [1.54, 1.807) is 19.3 Å². The van der Waals surface area contributed by atoms with Crippen molar-refractivity contribution in [2.24, 2.45) is 0 Å². The normalized spacial score (nSPS) is 17.2. The van der Waals surface area contributed by atoms with Gasteiger partial charge in [-0.2, -0.15) is 4.98 Å². The molecule has 8 nitrogen and oxygen atoms in total. The molecule has 9 heteroatoms. The van der Waals surface area contributed by atoms with Crippen molar-refractivity contribution in [2.45, 2.75) is 17.9 Å². The SMILES string of the molecule is C=C[C@@H]1CN(c2cc(OCc3ccc(OC)cc3)nc(S(C)(=O)=O)n2)CCO1. The Morgan fingerprint density at radius 3 is 2.71 bits per heavy atom. The van der Waals surface area contributed by atoms with Crippen LogP contribution in [0.1, 0.15) is 5.56 Å². The van der Waals surface area contributed by atoms with Crippen LogP contribution >= 0.6 is 0 Å². The lowest BCUT2D eigenvalue weighted by molar-refractivity contribution is 0.0715. The smallest absolute Gasteiger partial charge is 0.252 e. The van der Waals surface area contributed by atoms with Crippen LogP contribution in [0.2, 0.25) is 0 Å². The fraction of sp³-hybridized carbons (Fsp3) is 0.368. The first-order valence-electron chi connectivity index (χ1n) is 8.73. The first-order chi connectivity index (χ1) is 13.4. The van der Waals surface area contributed by atoms with E-state index in [1.807, 2.05) is 29.2 Å². The van der Waals surface area contributed by atoms with Crippen molar-refractivity contribution < 1.29 is 22.6 Å². The third kappa shape index (κ3) is 4.99. The molecule has 3 rings (SSSR count). The second-order valence-electron chi connectivity index (χ2n) is 6.35. The lowest BCUT2D eigenvalue weighted by atomic mass is 10.2. The van der Waals surface area contributed by atoms with Gasteiger partial charge in [0.1, 0.15) is 18.2 Å². The van der Waals surface area contributed by atoms with E-state index in [9.17, 15) is 8.42 Å². The minimum Gasteiger partial charge on any atom is -0.497 e. The Morgan fingerprint density at radius 2 is 2.07 bits per heavy atom. The summed E-state index contributed by atoms with van der Waals surface area (Å²) in [6.45, 7) is 5.60. The van der Waals surface area contributed by atoms with Gasteiger partial charge in [-0.1, -0.05) is 18.2 Å². The topological polar surface area (TPSA) is 90.9 Å². The molecule has 2 aromatic rings. The molecule has 1 aromatic heterocycles. The maximum Gasteiger partial charge on any atom is 0.252 e. The van der Waals surface area contributed by atoms with Crippen LogP contribution in [-0.2, 0) is 21.2 Å². The molecule has 0 bridgehead atoms. The third-order valence-corrected chi connectivity index (χ3v) is 5.07. The highest BCUT2D eigenvalue weighted by molar-refractivity contribution is 7.90. The maximum absolute atomic E-state index is 12.0. The number of hydrogen-bond donors (Lipinski definition) is 0. The molecule has 1 aliphatic heterocycles. The van der Waals surface area contributed by atoms with Gasteiger partial charge in [0.2, 0.25) is 15.7 Å². The van der Waals surface area contributed by atoms with E-state index in [0.717, 1.165) is 17.6 Å². The summed E-state index contributed by atoms with van der Waals surface area (Å²) >= 11 is 0. The molecule has 0 aliphatic carbocycles. The van der Waals surface area contributed by atoms with Crippen LogP contribution in [0.3, 0.4) is 0 Å². The van der Waals surface area contributed by atoms with E-state index in [1.165, 1.54) is 0 Å². The summed E-state index contributed by atoms with van der Waals surface area (Å²) in [5.74, 6) is 1.43. The van der Waals surface area contributed by atoms with Crippen molar-refractivity contribution in [3.63, 3.8) is 0 Å². The van der Waals surface area contributed by atoms with Crippen LogP contribution in [0.4, 0.5) is 5.82 Å². The molecule has 28 heavy (non-hydrogen) atoms. The molecule has 0 spiro atoms. The zero-order chi connectivity index (χ0) is 20.1. The van der Waals surface area contributed by atoms with Gasteiger partial charge >= 0.3 is 0 Å². The van der Waals surface area contributed by atoms with Crippen LogP contribution in [0.25, 0.3) is 0 Å². The molecule has 2 heterocycles. The average molecular weight is 405 g/mol. The van der Waals surface area contributed by atoms with Gasteiger partial charge in [-0.25, -0.2) is 13.4 Å². The zero-order valence-corrected chi connectivity index (χ0v) is 16.7. The summed E-state index contributed by atoms with van der Waals surface area (Å²) in [5.41, 5.74) is 0.903. The first kappa shape index (κ1) is 20.1. The fourth-order valence-electron chi connectivity index (χ4n) is 2.70. The minimum absolute atomic E-state index is 0.144. The van der Waals surface area contributed by atoms with Crippen LogP contribution in [0.5, 0.6) is 11.6 Å². The minimum atomic E-state index is -3.59. The van der Waals surface area contributed by atoms with Crippen LogP contribution in [0, 0.1) is 0 Å². The third-order valence-electron chi connectivity index (χ3n) is 4.23. The lowest BCUT2D eigenvalue weighted by Gasteiger charge is -2.32. The molecule has 1 aliphatic rings.